The molecule has 1 aliphatic heterocycles. The highest BCUT2D eigenvalue weighted by molar-refractivity contribution is 4.81. The molecule has 0 bridgehead atoms. The van der Waals surface area contributed by atoms with Crippen LogP contribution in [-0.2, 0) is 4.74 Å². The van der Waals surface area contributed by atoms with E-state index in [1.54, 1.807) is 0 Å². The van der Waals surface area contributed by atoms with Crippen molar-refractivity contribution in [3.63, 3.8) is 0 Å². The molecule has 1 aliphatic carbocycles. The van der Waals surface area contributed by atoms with Crippen molar-refractivity contribution in [2.24, 2.45) is 5.92 Å². The van der Waals surface area contributed by atoms with Crippen molar-refractivity contribution in [2.75, 3.05) is 26.2 Å². The van der Waals surface area contributed by atoms with E-state index in [1.807, 2.05) is 0 Å². The lowest BCUT2D eigenvalue weighted by molar-refractivity contribution is -0.0964. The second kappa shape index (κ2) is 5.99. The Morgan fingerprint density at radius 1 is 1.44 bits per heavy atom. The maximum absolute atomic E-state index is 10.1. The minimum atomic E-state index is -0.245. The number of ether oxygens (including phenoxy) is 1. The summed E-state index contributed by atoms with van der Waals surface area (Å²) in [7, 11) is 0. The maximum Gasteiger partial charge on any atom is 0.0961 e. The second-order valence-electron chi connectivity index (χ2n) is 5.31. The van der Waals surface area contributed by atoms with Gasteiger partial charge in [-0.05, 0) is 25.3 Å². The molecule has 0 aromatic carbocycles. The number of aliphatic hydroxyl groups excluding tert-OH is 1. The van der Waals surface area contributed by atoms with Gasteiger partial charge in [0.1, 0.15) is 0 Å². The first kappa shape index (κ1) is 12.3. The SMILES string of the molecule is CCCN1CCOC(C(O)CC2CCC2)C1. The van der Waals surface area contributed by atoms with Crippen LogP contribution in [0, 0.1) is 5.92 Å². The van der Waals surface area contributed by atoms with Crippen molar-refractivity contribution in [1.82, 2.24) is 4.90 Å². The van der Waals surface area contributed by atoms with E-state index < -0.39 is 0 Å². The van der Waals surface area contributed by atoms with Crippen molar-refractivity contribution in [3.8, 4) is 0 Å². The minimum absolute atomic E-state index is 0.0564. The number of rotatable bonds is 5. The topological polar surface area (TPSA) is 32.7 Å². The van der Waals surface area contributed by atoms with Gasteiger partial charge in [-0.1, -0.05) is 26.2 Å². The van der Waals surface area contributed by atoms with Gasteiger partial charge in [0.15, 0.2) is 0 Å². The molecule has 1 heterocycles. The van der Waals surface area contributed by atoms with Crippen LogP contribution in [0.3, 0.4) is 0 Å². The second-order valence-corrected chi connectivity index (χ2v) is 5.31. The van der Waals surface area contributed by atoms with E-state index in [0.29, 0.717) is 0 Å². The van der Waals surface area contributed by atoms with E-state index in [4.69, 9.17) is 4.74 Å². The molecule has 2 aliphatic rings. The summed E-state index contributed by atoms with van der Waals surface area (Å²) >= 11 is 0. The summed E-state index contributed by atoms with van der Waals surface area (Å²) in [5, 5.41) is 10.1. The van der Waals surface area contributed by atoms with Crippen LogP contribution in [0.4, 0.5) is 0 Å². The Morgan fingerprint density at radius 2 is 2.25 bits per heavy atom. The molecule has 0 aromatic rings. The van der Waals surface area contributed by atoms with Crippen LogP contribution in [0.25, 0.3) is 0 Å². The number of nitrogens with zero attached hydrogens (tertiary/aromatic N) is 1. The molecule has 2 atom stereocenters. The first-order valence-electron chi connectivity index (χ1n) is 6.81. The van der Waals surface area contributed by atoms with Gasteiger partial charge in [-0.3, -0.25) is 4.90 Å². The van der Waals surface area contributed by atoms with Crippen LogP contribution in [-0.4, -0.2) is 48.5 Å². The van der Waals surface area contributed by atoms with Gasteiger partial charge in [-0.15, -0.1) is 0 Å². The summed E-state index contributed by atoms with van der Waals surface area (Å²) in [4.78, 5) is 2.41. The summed E-state index contributed by atoms with van der Waals surface area (Å²) < 4.78 is 5.69. The quantitative estimate of drug-likeness (QED) is 0.775. The van der Waals surface area contributed by atoms with Gasteiger partial charge in [0.2, 0.25) is 0 Å². The first-order valence-corrected chi connectivity index (χ1v) is 6.81. The average Bonchev–Trinajstić information content (AvgIpc) is 2.24. The Balaban J connectivity index is 1.73. The third kappa shape index (κ3) is 3.19. The summed E-state index contributed by atoms with van der Waals surface area (Å²) in [6.45, 7) is 6.07. The van der Waals surface area contributed by atoms with Gasteiger partial charge in [-0.2, -0.15) is 0 Å². The Bertz CT molecular complexity index is 204. The fraction of sp³-hybridized carbons (Fsp3) is 1.00. The Kier molecular flexibility index (Phi) is 4.62. The van der Waals surface area contributed by atoms with Crippen molar-refractivity contribution < 1.29 is 9.84 Å². The van der Waals surface area contributed by atoms with Crippen LogP contribution >= 0.6 is 0 Å². The number of morpholine rings is 1. The zero-order valence-corrected chi connectivity index (χ0v) is 10.4. The highest BCUT2D eigenvalue weighted by Crippen LogP contribution is 2.31. The molecule has 2 unspecified atom stereocenters. The van der Waals surface area contributed by atoms with Crippen LogP contribution in [0.2, 0.25) is 0 Å². The molecule has 0 spiro atoms. The van der Waals surface area contributed by atoms with E-state index in [1.165, 1.54) is 25.7 Å². The van der Waals surface area contributed by atoms with E-state index in [9.17, 15) is 5.11 Å². The monoisotopic (exact) mass is 227 g/mol. The fourth-order valence-electron chi connectivity index (χ4n) is 2.71. The zero-order chi connectivity index (χ0) is 11.4. The Labute approximate surface area is 98.8 Å². The van der Waals surface area contributed by atoms with Gasteiger partial charge in [-0.25, -0.2) is 0 Å². The summed E-state index contributed by atoms with van der Waals surface area (Å²) in [6, 6.07) is 0. The molecule has 2 rings (SSSR count). The molecule has 0 amide bonds. The van der Waals surface area contributed by atoms with Crippen molar-refractivity contribution >= 4 is 0 Å². The molecule has 16 heavy (non-hydrogen) atoms. The predicted octanol–water partition coefficient (Wildman–Crippen LogP) is 1.65. The molecule has 2 fully saturated rings. The van der Waals surface area contributed by atoms with Crippen LogP contribution in [0.1, 0.15) is 39.0 Å². The lowest BCUT2D eigenvalue weighted by atomic mass is 9.80. The summed E-state index contributed by atoms with van der Waals surface area (Å²) in [6.07, 6.45) is 5.91. The van der Waals surface area contributed by atoms with Crippen LogP contribution in [0.5, 0.6) is 0 Å². The van der Waals surface area contributed by atoms with Gasteiger partial charge in [0.05, 0.1) is 18.8 Å². The van der Waals surface area contributed by atoms with Crippen molar-refractivity contribution in [3.05, 3.63) is 0 Å². The van der Waals surface area contributed by atoms with Gasteiger partial charge in [0.25, 0.3) is 0 Å². The van der Waals surface area contributed by atoms with E-state index in [-0.39, 0.29) is 12.2 Å². The number of hydrogen-bond acceptors (Lipinski definition) is 3. The lowest BCUT2D eigenvalue weighted by Crippen LogP contribution is -2.48. The average molecular weight is 227 g/mol. The smallest absolute Gasteiger partial charge is 0.0961 e. The molecule has 0 radical (unpaired) electrons. The zero-order valence-electron chi connectivity index (χ0n) is 10.4. The molecule has 3 heteroatoms. The van der Waals surface area contributed by atoms with Gasteiger partial charge >= 0.3 is 0 Å². The molecule has 1 saturated heterocycles. The molecule has 1 saturated carbocycles. The third-order valence-electron chi connectivity index (χ3n) is 3.95. The predicted molar refractivity (Wildman–Crippen MR) is 64.4 cm³/mol. The molecular formula is C13H25NO2. The Morgan fingerprint density at radius 3 is 2.88 bits per heavy atom. The standard InChI is InChI=1S/C13H25NO2/c1-2-6-14-7-8-16-13(10-14)12(15)9-11-4-3-5-11/h11-13,15H,2-10H2,1H3. The van der Waals surface area contributed by atoms with Crippen molar-refractivity contribution in [1.29, 1.82) is 0 Å². The van der Waals surface area contributed by atoms with E-state index in [0.717, 1.165) is 38.6 Å². The highest BCUT2D eigenvalue weighted by atomic mass is 16.5. The number of hydrogen-bond donors (Lipinski definition) is 1. The van der Waals surface area contributed by atoms with E-state index >= 15 is 0 Å². The lowest BCUT2D eigenvalue weighted by Gasteiger charge is -2.37. The summed E-state index contributed by atoms with van der Waals surface area (Å²) in [5.41, 5.74) is 0. The Hall–Kier alpha value is -0.120. The van der Waals surface area contributed by atoms with Gasteiger partial charge in [0, 0.05) is 13.1 Å². The fourth-order valence-corrected chi connectivity index (χ4v) is 2.71. The largest absolute Gasteiger partial charge is 0.390 e. The van der Waals surface area contributed by atoms with E-state index in [2.05, 4.69) is 11.8 Å². The third-order valence-corrected chi connectivity index (χ3v) is 3.95. The molecular weight excluding hydrogens is 202 g/mol. The number of aliphatic hydroxyl groups is 1. The maximum atomic E-state index is 10.1. The normalized spacial score (nSPS) is 30.0. The van der Waals surface area contributed by atoms with Crippen LogP contribution in [0.15, 0.2) is 0 Å². The van der Waals surface area contributed by atoms with Gasteiger partial charge < -0.3 is 9.84 Å². The molecule has 1 N–H and O–H groups in total. The first-order chi connectivity index (χ1) is 7.79. The highest BCUT2D eigenvalue weighted by Gasteiger charge is 2.30. The molecule has 94 valence electrons. The van der Waals surface area contributed by atoms with Crippen LogP contribution < -0.4 is 0 Å². The molecule has 0 aromatic heterocycles. The van der Waals surface area contributed by atoms with Crippen molar-refractivity contribution in [2.45, 2.75) is 51.2 Å². The summed E-state index contributed by atoms with van der Waals surface area (Å²) in [5.74, 6) is 0.764. The minimum Gasteiger partial charge on any atom is -0.390 e. The molecule has 3 nitrogen and oxygen atoms in total.